The van der Waals surface area contributed by atoms with Crippen molar-refractivity contribution >= 4 is 15.9 Å². The van der Waals surface area contributed by atoms with Crippen molar-refractivity contribution in [3.05, 3.63) is 34.1 Å². The van der Waals surface area contributed by atoms with Crippen LogP contribution in [0.2, 0.25) is 0 Å². The molecule has 14 heavy (non-hydrogen) atoms. The number of halogens is 2. The largest absolute Gasteiger partial charge is 0.323 e. The molecule has 0 saturated carbocycles. The minimum atomic E-state index is -0.248. The summed E-state index contributed by atoms with van der Waals surface area (Å²) in [5, 5.41) is 0. The van der Waals surface area contributed by atoms with Crippen LogP contribution in [0.1, 0.15) is 32.4 Å². The molecule has 78 valence electrons. The summed E-state index contributed by atoms with van der Waals surface area (Å²) in [6.45, 7) is 6.19. The van der Waals surface area contributed by atoms with Crippen LogP contribution in [0.15, 0.2) is 22.7 Å². The zero-order valence-electron chi connectivity index (χ0n) is 8.64. The van der Waals surface area contributed by atoms with E-state index < -0.39 is 0 Å². The van der Waals surface area contributed by atoms with Gasteiger partial charge in [-0.15, -0.1) is 0 Å². The molecule has 0 saturated heterocycles. The normalized spacial score (nSPS) is 14.1. The van der Waals surface area contributed by atoms with Gasteiger partial charge in [0, 0.05) is 10.5 Å². The lowest BCUT2D eigenvalue weighted by Crippen LogP contribution is -2.26. The van der Waals surface area contributed by atoms with Gasteiger partial charge in [-0.1, -0.05) is 42.8 Å². The molecule has 2 N–H and O–H groups in total. The number of nitrogens with two attached hydrogens (primary N) is 1. The summed E-state index contributed by atoms with van der Waals surface area (Å²) in [7, 11) is 0. The second-order valence-corrected chi connectivity index (χ2v) is 5.36. The van der Waals surface area contributed by atoms with E-state index in [1.807, 2.05) is 0 Å². The van der Waals surface area contributed by atoms with Crippen LogP contribution in [0.5, 0.6) is 0 Å². The molecule has 1 aromatic rings. The van der Waals surface area contributed by atoms with Crippen LogP contribution >= 0.6 is 15.9 Å². The topological polar surface area (TPSA) is 26.0 Å². The SMILES string of the molecule is CC(C)(C)[C@@H](N)c1ccc(F)cc1Br. The Morgan fingerprint density at radius 3 is 2.36 bits per heavy atom. The van der Waals surface area contributed by atoms with Gasteiger partial charge >= 0.3 is 0 Å². The molecule has 0 radical (unpaired) electrons. The average molecular weight is 260 g/mol. The highest BCUT2D eigenvalue weighted by molar-refractivity contribution is 9.10. The lowest BCUT2D eigenvalue weighted by Gasteiger charge is -2.28. The molecular formula is C11H15BrFN. The van der Waals surface area contributed by atoms with Crippen molar-refractivity contribution in [2.45, 2.75) is 26.8 Å². The molecule has 0 aliphatic rings. The first-order chi connectivity index (χ1) is 6.32. The van der Waals surface area contributed by atoms with Crippen molar-refractivity contribution in [3.63, 3.8) is 0 Å². The molecule has 1 rings (SSSR count). The Morgan fingerprint density at radius 1 is 1.36 bits per heavy atom. The molecule has 0 heterocycles. The van der Waals surface area contributed by atoms with Crippen molar-refractivity contribution in [3.8, 4) is 0 Å². The molecule has 3 heteroatoms. The third kappa shape index (κ3) is 2.55. The van der Waals surface area contributed by atoms with Crippen molar-refractivity contribution in [1.82, 2.24) is 0 Å². The van der Waals surface area contributed by atoms with E-state index in [9.17, 15) is 4.39 Å². The maximum Gasteiger partial charge on any atom is 0.124 e. The van der Waals surface area contributed by atoms with E-state index >= 15 is 0 Å². The minimum absolute atomic E-state index is 0.0274. The fourth-order valence-corrected chi connectivity index (χ4v) is 1.82. The highest BCUT2D eigenvalue weighted by atomic mass is 79.9. The Morgan fingerprint density at radius 2 is 1.93 bits per heavy atom. The molecular weight excluding hydrogens is 245 g/mol. The van der Waals surface area contributed by atoms with Crippen molar-refractivity contribution < 1.29 is 4.39 Å². The van der Waals surface area contributed by atoms with E-state index in [2.05, 4.69) is 36.7 Å². The van der Waals surface area contributed by atoms with E-state index in [1.165, 1.54) is 12.1 Å². The van der Waals surface area contributed by atoms with Crippen molar-refractivity contribution in [2.24, 2.45) is 11.1 Å². The van der Waals surface area contributed by atoms with E-state index in [4.69, 9.17) is 5.73 Å². The quantitative estimate of drug-likeness (QED) is 0.819. The Labute approximate surface area is 92.6 Å². The fourth-order valence-electron chi connectivity index (χ4n) is 1.22. The number of hydrogen-bond donors (Lipinski definition) is 1. The monoisotopic (exact) mass is 259 g/mol. The summed E-state index contributed by atoms with van der Waals surface area (Å²) in [5.41, 5.74) is 6.99. The maximum absolute atomic E-state index is 12.8. The molecule has 1 atom stereocenters. The van der Waals surface area contributed by atoms with Crippen LogP contribution in [0.3, 0.4) is 0 Å². The average Bonchev–Trinajstić information content (AvgIpc) is 2.01. The van der Waals surface area contributed by atoms with Crippen molar-refractivity contribution in [1.29, 1.82) is 0 Å². The number of hydrogen-bond acceptors (Lipinski definition) is 1. The Bertz CT molecular complexity index is 331. The third-order valence-corrected chi connectivity index (χ3v) is 2.92. The molecule has 1 nitrogen and oxygen atoms in total. The molecule has 1 aromatic carbocycles. The van der Waals surface area contributed by atoms with Gasteiger partial charge in [-0.05, 0) is 23.1 Å². The van der Waals surface area contributed by atoms with Crippen LogP contribution < -0.4 is 5.73 Å². The van der Waals surface area contributed by atoms with Gasteiger partial charge in [0.25, 0.3) is 0 Å². The Kier molecular flexibility index (Phi) is 3.32. The first kappa shape index (κ1) is 11.7. The molecule has 0 spiro atoms. The van der Waals surface area contributed by atoms with Gasteiger partial charge in [0.1, 0.15) is 5.82 Å². The van der Waals surface area contributed by atoms with Crippen LogP contribution in [-0.4, -0.2) is 0 Å². The Balaban J connectivity index is 3.08. The van der Waals surface area contributed by atoms with Gasteiger partial charge in [-0.2, -0.15) is 0 Å². The zero-order chi connectivity index (χ0) is 10.9. The summed E-state index contributed by atoms with van der Waals surface area (Å²) < 4.78 is 13.6. The molecule has 0 aliphatic carbocycles. The molecule has 0 fully saturated rings. The van der Waals surface area contributed by atoms with Gasteiger partial charge < -0.3 is 5.73 Å². The number of benzene rings is 1. The first-order valence-electron chi connectivity index (χ1n) is 4.53. The van der Waals surface area contributed by atoms with Crippen LogP contribution in [0.4, 0.5) is 4.39 Å². The predicted octanol–water partition coefficient (Wildman–Crippen LogP) is 3.63. The van der Waals surface area contributed by atoms with E-state index in [0.717, 1.165) is 10.0 Å². The smallest absolute Gasteiger partial charge is 0.124 e. The minimum Gasteiger partial charge on any atom is -0.323 e. The third-order valence-electron chi connectivity index (χ3n) is 2.23. The second kappa shape index (κ2) is 3.99. The van der Waals surface area contributed by atoms with Gasteiger partial charge in [-0.25, -0.2) is 4.39 Å². The summed E-state index contributed by atoms with van der Waals surface area (Å²) >= 11 is 3.32. The molecule has 0 aromatic heterocycles. The summed E-state index contributed by atoms with van der Waals surface area (Å²) in [6, 6.07) is 4.51. The predicted molar refractivity (Wildman–Crippen MR) is 60.5 cm³/mol. The lowest BCUT2D eigenvalue weighted by atomic mass is 9.83. The van der Waals surface area contributed by atoms with Gasteiger partial charge in [0.05, 0.1) is 0 Å². The van der Waals surface area contributed by atoms with Crippen LogP contribution in [0, 0.1) is 11.2 Å². The van der Waals surface area contributed by atoms with Crippen molar-refractivity contribution in [2.75, 3.05) is 0 Å². The highest BCUT2D eigenvalue weighted by Crippen LogP contribution is 2.34. The molecule has 0 bridgehead atoms. The first-order valence-corrected chi connectivity index (χ1v) is 5.32. The second-order valence-electron chi connectivity index (χ2n) is 4.51. The van der Waals surface area contributed by atoms with Gasteiger partial charge in [-0.3, -0.25) is 0 Å². The highest BCUT2D eigenvalue weighted by Gasteiger charge is 2.23. The van der Waals surface area contributed by atoms with Crippen LogP contribution in [-0.2, 0) is 0 Å². The van der Waals surface area contributed by atoms with Gasteiger partial charge in [0.2, 0.25) is 0 Å². The number of rotatable bonds is 1. The van der Waals surface area contributed by atoms with E-state index in [1.54, 1.807) is 6.07 Å². The standard InChI is InChI=1S/C11H15BrFN/c1-11(2,3)10(14)8-5-4-7(13)6-9(8)12/h4-6,10H,14H2,1-3H3/t10-/m0/s1. The summed E-state index contributed by atoms with van der Waals surface area (Å²) in [5.74, 6) is -0.248. The summed E-state index contributed by atoms with van der Waals surface area (Å²) in [6.07, 6.45) is 0. The fraction of sp³-hybridized carbons (Fsp3) is 0.455. The van der Waals surface area contributed by atoms with Gasteiger partial charge in [0.15, 0.2) is 0 Å². The maximum atomic E-state index is 12.8. The molecule has 0 amide bonds. The van der Waals surface area contributed by atoms with E-state index in [0.29, 0.717) is 0 Å². The van der Waals surface area contributed by atoms with Crippen LogP contribution in [0.25, 0.3) is 0 Å². The molecule has 0 unspecified atom stereocenters. The Hall–Kier alpha value is -0.410. The lowest BCUT2D eigenvalue weighted by molar-refractivity contribution is 0.326. The zero-order valence-corrected chi connectivity index (χ0v) is 10.2. The van der Waals surface area contributed by atoms with E-state index in [-0.39, 0.29) is 17.3 Å². The summed E-state index contributed by atoms with van der Waals surface area (Å²) in [4.78, 5) is 0. The molecule has 0 aliphatic heterocycles.